The van der Waals surface area contributed by atoms with Crippen LogP contribution in [0.4, 0.5) is 0 Å². The lowest BCUT2D eigenvalue weighted by atomic mass is 10.0. The average molecular weight is 1160 g/mol. The van der Waals surface area contributed by atoms with Gasteiger partial charge >= 0.3 is 35.8 Å². The van der Waals surface area contributed by atoms with Crippen LogP contribution >= 0.6 is 0 Å². The van der Waals surface area contributed by atoms with Crippen molar-refractivity contribution in [2.75, 3.05) is 132 Å². The maximum atomic E-state index is 12.1. The summed E-state index contributed by atoms with van der Waals surface area (Å²) in [4.78, 5) is 69.2. The molecular formula is C65H76O19. The molecule has 0 saturated carbocycles. The van der Waals surface area contributed by atoms with Crippen molar-refractivity contribution in [3.05, 3.63) is 181 Å². The highest BCUT2D eigenvalue weighted by Gasteiger charge is 2.11. The van der Waals surface area contributed by atoms with Crippen LogP contribution in [0.15, 0.2) is 164 Å². The Hall–Kier alpha value is -8.14. The molecule has 0 aromatic heterocycles. The molecule has 0 heterocycles. The number of ether oxygens (including phenoxy) is 13. The lowest BCUT2D eigenvalue weighted by molar-refractivity contribution is -0.145. The van der Waals surface area contributed by atoms with Crippen molar-refractivity contribution >= 4 is 68.1 Å². The summed E-state index contributed by atoms with van der Waals surface area (Å²) in [6, 6.07) is 40.4. The number of carbonyl (C=O) groups is 6. The summed E-state index contributed by atoms with van der Waals surface area (Å²) in [6.45, 7) is 19.4. The van der Waals surface area contributed by atoms with Gasteiger partial charge in [-0.05, 0) is 76.0 Å². The maximum absolute atomic E-state index is 12.1. The Morgan fingerprint density at radius 1 is 0.357 bits per heavy atom. The maximum Gasteiger partial charge on any atom is 0.338 e. The standard InChI is InChI=1S/C23H28O7.2C21H24O6/c1-18(2)22(24)29-15-13-27-11-9-26-10-12-28-14-16-30-23(25)21-8-7-19-5-3-4-6-20(19)17-21;1-16(2)20(22)26-13-11-24-9-10-25-12-14-27-21(23)19-8-7-17-5-3-4-6-18(17)15-19;1-2-20(22)26-14-12-24-10-11-25-13-15-27-21(23)16-18-8-5-7-17-6-3-4-9-19(17)18/h3-8,17H,1,9-16H2,2H3;3-8,15H,1,9-14H2,2H3;2-9H,1,10-16H2. The summed E-state index contributed by atoms with van der Waals surface area (Å²) in [5, 5.41) is 6.31. The molecule has 0 amide bonds. The monoisotopic (exact) mass is 1160 g/mol. The number of benzene rings is 6. The zero-order valence-corrected chi connectivity index (χ0v) is 47.9. The molecule has 84 heavy (non-hydrogen) atoms. The Bertz CT molecular complexity index is 3000. The van der Waals surface area contributed by atoms with Crippen LogP contribution in [0.2, 0.25) is 0 Å². The summed E-state index contributed by atoms with van der Waals surface area (Å²) in [5.41, 5.74) is 2.70. The minimum Gasteiger partial charge on any atom is -0.463 e. The SMILES string of the molecule is C=C(C)C(=O)OCCOCCOCCOC(=O)c1ccc2ccccc2c1.C=C(C)C(=O)OCCOCCOCCOCCOC(=O)c1ccc2ccccc2c1.C=CC(=O)OCCOCCOCCOC(=O)Cc1cccc2ccccc12. The summed E-state index contributed by atoms with van der Waals surface area (Å²) in [6.07, 6.45) is 1.33. The highest BCUT2D eigenvalue weighted by Crippen LogP contribution is 2.20. The van der Waals surface area contributed by atoms with E-state index in [1.54, 1.807) is 26.0 Å². The van der Waals surface area contributed by atoms with Gasteiger partial charge in [0.15, 0.2) is 0 Å². The second-order valence-corrected chi connectivity index (χ2v) is 17.9. The molecule has 0 spiro atoms. The quantitative estimate of drug-likeness (QED) is 0.0154. The molecule has 6 aromatic rings. The van der Waals surface area contributed by atoms with E-state index in [0.717, 1.165) is 44.0 Å². The van der Waals surface area contributed by atoms with E-state index in [9.17, 15) is 28.8 Å². The highest BCUT2D eigenvalue weighted by molar-refractivity contribution is 5.96. The Morgan fingerprint density at radius 2 is 0.690 bits per heavy atom. The van der Waals surface area contributed by atoms with Gasteiger partial charge in [0, 0.05) is 17.2 Å². The number of fused-ring (bicyclic) bond motifs is 3. The first-order chi connectivity index (χ1) is 40.9. The molecule has 450 valence electrons. The number of hydrogen-bond acceptors (Lipinski definition) is 19. The molecule has 19 nitrogen and oxygen atoms in total. The molecular weight excluding hydrogens is 1080 g/mol. The van der Waals surface area contributed by atoms with Gasteiger partial charge < -0.3 is 61.6 Å². The van der Waals surface area contributed by atoms with E-state index in [4.69, 9.17) is 61.6 Å². The van der Waals surface area contributed by atoms with Crippen molar-refractivity contribution in [2.45, 2.75) is 20.3 Å². The van der Waals surface area contributed by atoms with E-state index >= 15 is 0 Å². The fraction of sp³-hybridized carbons (Fsp3) is 0.354. The van der Waals surface area contributed by atoms with Crippen molar-refractivity contribution in [3.63, 3.8) is 0 Å². The molecule has 6 aromatic carbocycles. The first-order valence-electron chi connectivity index (χ1n) is 27.3. The van der Waals surface area contributed by atoms with Crippen LogP contribution in [-0.4, -0.2) is 168 Å². The molecule has 0 radical (unpaired) electrons. The van der Waals surface area contributed by atoms with Gasteiger partial charge in [-0.2, -0.15) is 0 Å². The van der Waals surface area contributed by atoms with Crippen LogP contribution in [0, 0.1) is 0 Å². The Labute approximate surface area is 490 Å². The van der Waals surface area contributed by atoms with Gasteiger partial charge in [-0.25, -0.2) is 24.0 Å². The molecule has 0 N–H and O–H groups in total. The van der Waals surface area contributed by atoms with E-state index < -0.39 is 17.9 Å². The fourth-order valence-corrected chi connectivity index (χ4v) is 7.13. The highest BCUT2D eigenvalue weighted by atomic mass is 16.6. The van der Waals surface area contributed by atoms with Gasteiger partial charge in [-0.3, -0.25) is 4.79 Å². The third-order valence-corrected chi connectivity index (χ3v) is 11.3. The first kappa shape index (κ1) is 68.4. The van der Waals surface area contributed by atoms with E-state index in [2.05, 4.69) is 19.7 Å². The van der Waals surface area contributed by atoms with Crippen LogP contribution in [-0.2, 0) is 87.2 Å². The molecule has 0 aliphatic carbocycles. The number of carbonyl (C=O) groups excluding carboxylic acids is 6. The van der Waals surface area contributed by atoms with E-state index in [1.807, 2.05) is 115 Å². The second kappa shape index (κ2) is 41.8. The molecule has 0 fully saturated rings. The molecule has 19 heteroatoms. The van der Waals surface area contributed by atoms with Crippen molar-refractivity contribution in [1.29, 1.82) is 0 Å². The summed E-state index contributed by atoms with van der Waals surface area (Å²) < 4.78 is 67.3. The molecule has 0 bridgehead atoms. The zero-order valence-electron chi connectivity index (χ0n) is 47.9. The topological polar surface area (TPSA) is 222 Å². The largest absolute Gasteiger partial charge is 0.463 e. The normalized spacial score (nSPS) is 10.6. The van der Waals surface area contributed by atoms with Gasteiger partial charge in [-0.15, -0.1) is 0 Å². The lowest BCUT2D eigenvalue weighted by Gasteiger charge is -2.08. The summed E-state index contributed by atoms with van der Waals surface area (Å²) in [7, 11) is 0. The molecule has 0 aliphatic rings. The van der Waals surface area contributed by atoms with Crippen molar-refractivity contribution < 1.29 is 90.3 Å². The minimum absolute atomic E-state index is 0.169. The van der Waals surface area contributed by atoms with Gasteiger partial charge in [0.2, 0.25) is 0 Å². The third kappa shape index (κ3) is 28.7. The van der Waals surface area contributed by atoms with Gasteiger partial charge in [0.1, 0.15) is 39.6 Å². The third-order valence-electron chi connectivity index (χ3n) is 11.3. The zero-order chi connectivity index (χ0) is 60.4. The molecule has 0 unspecified atom stereocenters. The number of rotatable bonds is 37. The molecule has 0 saturated heterocycles. The summed E-state index contributed by atoms with van der Waals surface area (Å²) >= 11 is 0. The van der Waals surface area contributed by atoms with Crippen molar-refractivity contribution in [2.24, 2.45) is 0 Å². The Morgan fingerprint density at radius 3 is 1.10 bits per heavy atom. The number of hydrogen-bond donors (Lipinski definition) is 0. The molecule has 0 aliphatic heterocycles. The molecule has 6 rings (SSSR count). The van der Waals surface area contributed by atoms with Gasteiger partial charge in [-0.1, -0.05) is 123 Å². The Kier molecular flexibility index (Phi) is 34.0. The number of esters is 6. The lowest BCUT2D eigenvalue weighted by Crippen LogP contribution is -2.15. The summed E-state index contributed by atoms with van der Waals surface area (Å²) in [5.74, 6) is -2.35. The van der Waals surface area contributed by atoms with E-state index in [1.165, 1.54) is 0 Å². The first-order valence-corrected chi connectivity index (χ1v) is 27.3. The second-order valence-electron chi connectivity index (χ2n) is 17.9. The minimum atomic E-state index is -0.472. The van der Waals surface area contributed by atoms with E-state index in [-0.39, 0.29) is 70.6 Å². The molecule has 0 atom stereocenters. The van der Waals surface area contributed by atoms with Crippen LogP contribution in [0.25, 0.3) is 32.3 Å². The van der Waals surface area contributed by atoms with Gasteiger partial charge in [0.05, 0.1) is 110 Å². The van der Waals surface area contributed by atoms with Crippen LogP contribution in [0.3, 0.4) is 0 Å². The smallest absolute Gasteiger partial charge is 0.338 e. The van der Waals surface area contributed by atoms with Crippen LogP contribution in [0.1, 0.15) is 40.1 Å². The van der Waals surface area contributed by atoms with Crippen LogP contribution < -0.4 is 0 Å². The fourth-order valence-electron chi connectivity index (χ4n) is 7.13. The van der Waals surface area contributed by atoms with Crippen molar-refractivity contribution in [1.82, 2.24) is 0 Å². The van der Waals surface area contributed by atoms with Gasteiger partial charge in [0.25, 0.3) is 0 Å². The van der Waals surface area contributed by atoms with Crippen LogP contribution in [0.5, 0.6) is 0 Å². The average Bonchev–Trinajstić information content (AvgIpc) is 3.53. The van der Waals surface area contributed by atoms with Crippen molar-refractivity contribution in [3.8, 4) is 0 Å². The van der Waals surface area contributed by atoms with E-state index in [0.29, 0.717) is 108 Å². The predicted molar refractivity (Wildman–Crippen MR) is 316 cm³/mol. The Balaban J connectivity index is 0.000000271. The predicted octanol–water partition coefficient (Wildman–Crippen LogP) is 9.00.